The molecule has 0 radical (unpaired) electrons. The molecule has 3 rings (SSSR count). The first kappa shape index (κ1) is 10.4. The average Bonchev–Trinajstić information content (AvgIpc) is 2.82. The molecule has 0 amide bonds. The van der Waals surface area contributed by atoms with Crippen LogP contribution < -0.4 is 5.32 Å². The first-order chi connectivity index (χ1) is 7.88. The van der Waals surface area contributed by atoms with Gasteiger partial charge in [-0.15, -0.1) is 22.7 Å². The lowest BCUT2D eigenvalue weighted by Gasteiger charge is -1.97. The second-order valence-corrected chi connectivity index (χ2v) is 5.81. The zero-order valence-corrected chi connectivity index (χ0v) is 10.7. The van der Waals surface area contributed by atoms with Crippen LogP contribution in [0.5, 0.6) is 0 Å². The molecule has 1 aliphatic rings. The van der Waals surface area contributed by atoms with Crippen LogP contribution in [0.25, 0.3) is 10.7 Å². The van der Waals surface area contributed by atoms with Gasteiger partial charge < -0.3 is 5.32 Å². The molecule has 0 atom stereocenters. The zero-order chi connectivity index (χ0) is 11.0. The van der Waals surface area contributed by atoms with Crippen LogP contribution in [0.15, 0.2) is 10.9 Å². The first-order valence-electron chi connectivity index (χ1n) is 5.41. The molecule has 0 aliphatic heterocycles. The normalized spacial score (nSPS) is 15.6. The SMILES string of the molecule is CNCc1sc(-c2cscn2)nc1C1CC1. The Hall–Kier alpha value is -0.780. The van der Waals surface area contributed by atoms with E-state index in [1.807, 2.05) is 12.6 Å². The molecular formula is C11H13N3S2. The van der Waals surface area contributed by atoms with E-state index in [4.69, 9.17) is 4.98 Å². The van der Waals surface area contributed by atoms with Crippen LogP contribution in [-0.2, 0) is 6.54 Å². The van der Waals surface area contributed by atoms with Crippen molar-refractivity contribution in [3.8, 4) is 10.7 Å². The molecule has 3 nitrogen and oxygen atoms in total. The smallest absolute Gasteiger partial charge is 0.143 e. The van der Waals surface area contributed by atoms with Crippen LogP contribution >= 0.6 is 22.7 Å². The maximum Gasteiger partial charge on any atom is 0.143 e. The summed E-state index contributed by atoms with van der Waals surface area (Å²) in [5.41, 5.74) is 4.20. The molecule has 0 aromatic carbocycles. The van der Waals surface area contributed by atoms with Gasteiger partial charge in [-0.25, -0.2) is 9.97 Å². The molecule has 2 aromatic rings. The van der Waals surface area contributed by atoms with Crippen molar-refractivity contribution in [1.29, 1.82) is 0 Å². The van der Waals surface area contributed by atoms with E-state index in [9.17, 15) is 0 Å². The maximum absolute atomic E-state index is 4.76. The van der Waals surface area contributed by atoms with Crippen LogP contribution in [0.3, 0.4) is 0 Å². The Labute approximate surface area is 103 Å². The Morgan fingerprint density at radius 1 is 1.50 bits per heavy atom. The van der Waals surface area contributed by atoms with Gasteiger partial charge in [0.1, 0.15) is 10.7 Å². The van der Waals surface area contributed by atoms with E-state index in [0.717, 1.165) is 17.2 Å². The number of rotatable bonds is 4. The fourth-order valence-corrected chi connectivity index (χ4v) is 3.49. The first-order valence-corrected chi connectivity index (χ1v) is 7.17. The van der Waals surface area contributed by atoms with E-state index in [1.54, 1.807) is 22.7 Å². The second-order valence-electron chi connectivity index (χ2n) is 4.01. The predicted molar refractivity (Wildman–Crippen MR) is 68.0 cm³/mol. The third-order valence-electron chi connectivity index (χ3n) is 2.68. The highest BCUT2D eigenvalue weighted by molar-refractivity contribution is 7.15. The molecule has 5 heteroatoms. The van der Waals surface area contributed by atoms with Gasteiger partial charge in [-0.2, -0.15) is 0 Å². The molecule has 0 saturated heterocycles. The van der Waals surface area contributed by atoms with E-state index < -0.39 is 0 Å². The lowest BCUT2D eigenvalue weighted by atomic mass is 10.2. The van der Waals surface area contributed by atoms with Crippen molar-refractivity contribution in [2.45, 2.75) is 25.3 Å². The lowest BCUT2D eigenvalue weighted by Crippen LogP contribution is -2.05. The summed E-state index contributed by atoms with van der Waals surface area (Å²) < 4.78 is 0. The summed E-state index contributed by atoms with van der Waals surface area (Å²) in [6.45, 7) is 0.924. The van der Waals surface area contributed by atoms with Gasteiger partial charge in [-0.1, -0.05) is 0 Å². The molecule has 1 fully saturated rings. The Kier molecular flexibility index (Phi) is 2.75. The summed E-state index contributed by atoms with van der Waals surface area (Å²) in [5.74, 6) is 0.715. The number of aromatic nitrogens is 2. The monoisotopic (exact) mass is 251 g/mol. The van der Waals surface area contributed by atoms with Crippen LogP contribution in [0.1, 0.15) is 29.3 Å². The highest BCUT2D eigenvalue weighted by atomic mass is 32.1. The zero-order valence-electron chi connectivity index (χ0n) is 9.06. The summed E-state index contributed by atoms with van der Waals surface area (Å²) in [4.78, 5) is 10.5. The number of thiazole rings is 2. The van der Waals surface area contributed by atoms with Crippen molar-refractivity contribution in [2.75, 3.05) is 7.05 Å². The topological polar surface area (TPSA) is 37.8 Å². The van der Waals surface area contributed by atoms with Gasteiger partial charge in [-0.3, -0.25) is 0 Å². The van der Waals surface area contributed by atoms with E-state index in [0.29, 0.717) is 5.92 Å². The van der Waals surface area contributed by atoms with E-state index in [2.05, 4.69) is 15.7 Å². The third-order valence-corrected chi connectivity index (χ3v) is 4.36. The van der Waals surface area contributed by atoms with Crippen molar-refractivity contribution in [3.05, 3.63) is 21.5 Å². The van der Waals surface area contributed by atoms with Gasteiger partial charge in [0.2, 0.25) is 0 Å². The minimum atomic E-state index is 0.715. The van der Waals surface area contributed by atoms with Gasteiger partial charge >= 0.3 is 0 Å². The summed E-state index contributed by atoms with van der Waals surface area (Å²) >= 11 is 3.41. The summed E-state index contributed by atoms with van der Waals surface area (Å²) in [5, 5.41) is 6.36. The van der Waals surface area contributed by atoms with Gasteiger partial charge in [0.25, 0.3) is 0 Å². The van der Waals surface area contributed by atoms with Gasteiger partial charge in [0.05, 0.1) is 11.2 Å². The van der Waals surface area contributed by atoms with Crippen LogP contribution in [0, 0.1) is 0 Å². The summed E-state index contributed by atoms with van der Waals surface area (Å²) in [6.07, 6.45) is 2.61. The molecule has 2 aromatic heterocycles. The molecule has 0 spiro atoms. The van der Waals surface area contributed by atoms with Crippen molar-refractivity contribution < 1.29 is 0 Å². The van der Waals surface area contributed by atoms with Gasteiger partial charge in [0, 0.05) is 22.7 Å². The Morgan fingerprint density at radius 2 is 2.38 bits per heavy atom. The minimum absolute atomic E-state index is 0.715. The van der Waals surface area contributed by atoms with Crippen molar-refractivity contribution >= 4 is 22.7 Å². The quantitative estimate of drug-likeness (QED) is 0.908. The summed E-state index contributed by atoms with van der Waals surface area (Å²) in [6, 6.07) is 0. The standard InChI is InChI=1S/C11H13N3S2/c1-12-4-9-10(7-2-3-7)14-11(16-9)8-5-15-6-13-8/h5-7,12H,2-4H2,1H3. The number of hydrogen-bond acceptors (Lipinski definition) is 5. The van der Waals surface area contributed by atoms with Crippen LogP contribution in [0.2, 0.25) is 0 Å². The molecule has 1 aliphatic carbocycles. The molecule has 2 heterocycles. The average molecular weight is 251 g/mol. The Morgan fingerprint density at radius 3 is 3.00 bits per heavy atom. The fourth-order valence-electron chi connectivity index (χ4n) is 1.75. The maximum atomic E-state index is 4.76. The third kappa shape index (κ3) is 1.90. The number of hydrogen-bond donors (Lipinski definition) is 1. The molecule has 0 unspecified atom stereocenters. The second kappa shape index (κ2) is 4.24. The fraction of sp³-hybridized carbons (Fsp3) is 0.455. The number of nitrogens with zero attached hydrogens (tertiary/aromatic N) is 2. The van der Waals surface area contributed by atoms with Crippen LogP contribution in [0.4, 0.5) is 0 Å². The summed E-state index contributed by atoms with van der Waals surface area (Å²) in [7, 11) is 1.99. The predicted octanol–water partition coefficient (Wildman–Crippen LogP) is 2.86. The molecular weight excluding hydrogens is 238 g/mol. The van der Waals surface area contributed by atoms with Crippen molar-refractivity contribution in [2.24, 2.45) is 0 Å². The minimum Gasteiger partial charge on any atom is -0.315 e. The molecule has 84 valence electrons. The molecule has 16 heavy (non-hydrogen) atoms. The van der Waals surface area contributed by atoms with Crippen molar-refractivity contribution in [1.82, 2.24) is 15.3 Å². The highest BCUT2D eigenvalue weighted by Gasteiger charge is 2.29. The van der Waals surface area contributed by atoms with E-state index >= 15 is 0 Å². The van der Waals surface area contributed by atoms with Crippen molar-refractivity contribution in [3.63, 3.8) is 0 Å². The van der Waals surface area contributed by atoms with E-state index in [-0.39, 0.29) is 0 Å². The largest absolute Gasteiger partial charge is 0.315 e. The lowest BCUT2D eigenvalue weighted by molar-refractivity contribution is 0.813. The van der Waals surface area contributed by atoms with Gasteiger partial charge in [0.15, 0.2) is 0 Å². The molecule has 1 saturated carbocycles. The van der Waals surface area contributed by atoms with E-state index in [1.165, 1.54) is 23.4 Å². The molecule has 0 bridgehead atoms. The number of nitrogens with one attached hydrogen (secondary N) is 1. The van der Waals surface area contributed by atoms with Gasteiger partial charge in [-0.05, 0) is 19.9 Å². The highest BCUT2D eigenvalue weighted by Crippen LogP contribution is 2.44. The Bertz CT molecular complexity index is 471. The molecule has 1 N–H and O–H groups in total. The van der Waals surface area contributed by atoms with Crippen LogP contribution in [-0.4, -0.2) is 17.0 Å². The Balaban J connectivity index is 1.97.